The zero-order valence-electron chi connectivity index (χ0n) is 15.4. The van der Waals surface area contributed by atoms with E-state index in [1.54, 1.807) is 18.4 Å². The molecule has 0 radical (unpaired) electrons. The number of ether oxygens (including phenoxy) is 1. The standard InChI is InChI=1S/C22H21N3OS/c1-3-18-14-19-21(23-16-10-7-11-17(13-16)26-2)24-20(25-22(19)27-18)12-15-8-5-4-6-9-15/h4-11,13-14H,3,12H2,1-2H3,(H,23,24,25). The molecule has 4 rings (SSSR count). The Morgan fingerprint density at radius 2 is 1.85 bits per heavy atom. The van der Waals surface area contributed by atoms with E-state index >= 15 is 0 Å². The van der Waals surface area contributed by atoms with Crippen molar-refractivity contribution in [1.29, 1.82) is 0 Å². The van der Waals surface area contributed by atoms with Crippen LogP contribution in [0.2, 0.25) is 0 Å². The number of hydrogen-bond donors (Lipinski definition) is 1. The highest BCUT2D eigenvalue weighted by Gasteiger charge is 2.12. The van der Waals surface area contributed by atoms with Gasteiger partial charge in [0.05, 0.1) is 12.5 Å². The highest BCUT2D eigenvalue weighted by molar-refractivity contribution is 7.18. The number of aryl methyl sites for hydroxylation is 1. The van der Waals surface area contributed by atoms with Crippen LogP contribution in [0.15, 0.2) is 60.7 Å². The van der Waals surface area contributed by atoms with E-state index in [1.807, 2.05) is 42.5 Å². The first-order chi connectivity index (χ1) is 13.2. The molecule has 27 heavy (non-hydrogen) atoms. The van der Waals surface area contributed by atoms with Crippen LogP contribution in [0.25, 0.3) is 10.2 Å². The first-order valence-electron chi connectivity index (χ1n) is 8.99. The lowest BCUT2D eigenvalue weighted by Crippen LogP contribution is -2.01. The number of thiophene rings is 1. The average Bonchev–Trinajstić information content (AvgIpc) is 3.12. The maximum absolute atomic E-state index is 5.33. The fourth-order valence-corrected chi connectivity index (χ4v) is 3.97. The van der Waals surface area contributed by atoms with Crippen molar-refractivity contribution in [2.24, 2.45) is 0 Å². The van der Waals surface area contributed by atoms with E-state index in [0.29, 0.717) is 6.42 Å². The lowest BCUT2D eigenvalue weighted by atomic mass is 10.1. The normalized spacial score (nSPS) is 10.9. The van der Waals surface area contributed by atoms with Crippen LogP contribution in [0.1, 0.15) is 23.2 Å². The molecule has 2 heterocycles. The third-order valence-electron chi connectivity index (χ3n) is 4.38. The number of nitrogens with zero attached hydrogens (tertiary/aromatic N) is 2. The Morgan fingerprint density at radius 1 is 1.00 bits per heavy atom. The summed E-state index contributed by atoms with van der Waals surface area (Å²) in [5.74, 6) is 2.48. The van der Waals surface area contributed by atoms with Crippen molar-refractivity contribution in [3.8, 4) is 5.75 Å². The molecule has 5 heteroatoms. The Morgan fingerprint density at radius 3 is 2.63 bits per heavy atom. The van der Waals surface area contributed by atoms with Gasteiger partial charge in [-0.05, 0) is 30.2 Å². The molecular weight excluding hydrogens is 354 g/mol. The predicted molar refractivity (Wildman–Crippen MR) is 112 cm³/mol. The van der Waals surface area contributed by atoms with Crippen LogP contribution in [-0.4, -0.2) is 17.1 Å². The van der Waals surface area contributed by atoms with Crippen molar-refractivity contribution in [3.63, 3.8) is 0 Å². The van der Waals surface area contributed by atoms with Crippen LogP contribution in [0.4, 0.5) is 11.5 Å². The molecule has 4 aromatic rings. The summed E-state index contributed by atoms with van der Waals surface area (Å²) in [6.45, 7) is 2.16. The van der Waals surface area contributed by atoms with Crippen LogP contribution >= 0.6 is 11.3 Å². The molecule has 0 atom stereocenters. The molecule has 0 amide bonds. The maximum atomic E-state index is 5.33. The maximum Gasteiger partial charge on any atom is 0.142 e. The molecule has 2 aromatic carbocycles. The van der Waals surface area contributed by atoms with E-state index in [1.165, 1.54) is 10.4 Å². The summed E-state index contributed by atoms with van der Waals surface area (Å²) in [5.41, 5.74) is 2.15. The van der Waals surface area contributed by atoms with E-state index in [2.05, 4.69) is 30.4 Å². The lowest BCUT2D eigenvalue weighted by molar-refractivity contribution is 0.415. The van der Waals surface area contributed by atoms with Crippen LogP contribution in [-0.2, 0) is 12.8 Å². The smallest absolute Gasteiger partial charge is 0.142 e. The Hall–Kier alpha value is -2.92. The van der Waals surface area contributed by atoms with Crippen molar-refractivity contribution in [3.05, 3.63) is 76.9 Å². The number of hydrogen-bond acceptors (Lipinski definition) is 5. The molecule has 0 spiro atoms. The van der Waals surface area contributed by atoms with Crippen molar-refractivity contribution in [2.75, 3.05) is 12.4 Å². The topological polar surface area (TPSA) is 47.0 Å². The molecule has 0 saturated carbocycles. The average molecular weight is 375 g/mol. The summed E-state index contributed by atoms with van der Waals surface area (Å²) in [7, 11) is 1.67. The molecule has 0 aliphatic heterocycles. The number of aromatic nitrogens is 2. The van der Waals surface area contributed by atoms with E-state index in [0.717, 1.165) is 39.7 Å². The highest BCUT2D eigenvalue weighted by Crippen LogP contribution is 2.32. The second-order valence-corrected chi connectivity index (χ2v) is 7.41. The summed E-state index contributed by atoms with van der Waals surface area (Å²) < 4.78 is 5.33. The second-order valence-electron chi connectivity index (χ2n) is 6.29. The molecule has 0 aliphatic rings. The zero-order chi connectivity index (χ0) is 18.6. The number of methoxy groups -OCH3 is 1. The molecule has 2 aromatic heterocycles. The Bertz CT molecular complexity index is 1060. The third-order valence-corrected chi connectivity index (χ3v) is 5.55. The van der Waals surface area contributed by atoms with Crippen LogP contribution in [0, 0.1) is 0 Å². The minimum atomic E-state index is 0.711. The van der Waals surface area contributed by atoms with Gasteiger partial charge < -0.3 is 10.1 Å². The number of anilines is 2. The van der Waals surface area contributed by atoms with Crippen molar-refractivity contribution in [1.82, 2.24) is 9.97 Å². The molecule has 0 fully saturated rings. The van der Waals surface area contributed by atoms with Gasteiger partial charge >= 0.3 is 0 Å². The number of nitrogens with one attached hydrogen (secondary N) is 1. The Kier molecular flexibility index (Phi) is 5.03. The molecule has 0 unspecified atom stereocenters. The predicted octanol–water partition coefficient (Wildman–Crippen LogP) is 5.60. The number of rotatable bonds is 6. The summed E-state index contributed by atoms with van der Waals surface area (Å²) >= 11 is 1.74. The second kappa shape index (κ2) is 7.76. The van der Waals surface area contributed by atoms with Crippen LogP contribution < -0.4 is 10.1 Å². The molecule has 136 valence electrons. The van der Waals surface area contributed by atoms with Gasteiger partial charge in [-0.25, -0.2) is 9.97 Å². The Labute approximate surface area is 162 Å². The molecule has 4 nitrogen and oxygen atoms in total. The first-order valence-corrected chi connectivity index (χ1v) is 9.81. The molecule has 0 bridgehead atoms. The number of fused-ring (bicyclic) bond motifs is 1. The van der Waals surface area contributed by atoms with Gasteiger partial charge in [0.15, 0.2) is 0 Å². The van der Waals surface area contributed by atoms with E-state index in [4.69, 9.17) is 14.7 Å². The minimum absolute atomic E-state index is 0.711. The quantitative estimate of drug-likeness (QED) is 0.477. The SMILES string of the molecule is CCc1cc2c(Nc3cccc(OC)c3)nc(Cc3ccccc3)nc2s1. The van der Waals surface area contributed by atoms with Gasteiger partial charge in [-0.1, -0.05) is 43.3 Å². The van der Waals surface area contributed by atoms with Gasteiger partial charge in [0.25, 0.3) is 0 Å². The van der Waals surface area contributed by atoms with Crippen molar-refractivity contribution < 1.29 is 4.74 Å². The summed E-state index contributed by atoms with van der Waals surface area (Å²) in [6, 6.07) is 20.4. The molecule has 0 aliphatic carbocycles. The monoisotopic (exact) mass is 375 g/mol. The van der Waals surface area contributed by atoms with Gasteiger partial charge in [-0.3, -0.25) is 0 Å². The van der Waals surface area contributed by atoms with Crippen LogP contribution in [0.3, 0.4) is 0 Å². The van der Waals surface area contributed by atoms with Crippen molar-refractivity contribution in [2.45, 2.75) is 19.8 Å². The van der Waals surface area contributed by atoms with E-state index in [-0.39, 0.29) is 0 Å². The zero-order valence-corrected chi connectivity index (χ0v) is 16.2. The lowest BCUT2D eigenvalue weighted by Gasteiger charge is -2.10. The number of benzene rings is 2. The van der Waals surface area contributed by atoms with Gasteiger partial charge in [0, 0.05) is 23.1 Å². The fraction of sp³-hybridized carbons (Fsp3) is 0.182. The summed E-state index contributed by atoms with van der Waals surface area (Å²) in [6.07, 6.45) is 1.70. The third kappa shape index (κ3) is 3.93. The van der Waals surface area contributed by atoms with E-state index < -0.39 is 0 Å². The van der Waals surface area contributed by atoms with Crippen LogP contribution in [0.5, 0.6) is 5.75 Å². The Balaban J connectivity index is 1.75. The first kappa shape index (κ1) is 17.5. The van der Waals surface area contributed by atoms with Gasteiger partial charge in [0.2, 0.25) is 0 Å². The van der Waals surface area contributed by atoms with Gasteiger partial charge in [0.1, 0.15) is 22.2 Å². The fourth-order valence-electron chi connectivity index (χ4n) is 2.98. The van der Waals surface area contributed by atoms with Gasteiger partial charge in [-0.2, -0.15) is 0 Å². The molecule has 1 N–H and O–H groups in total. The van der Waals surface area contributed by atoms with Gasteiger partial charge in [-0.15, -0.1) is 11.3 Å². The van der Waals surface area contributed by atoms with Crippen molar-refractivity contribution >= 4 is 33.1 Å². The summed E-state index contributed by atoms with van der Waals surface area (Å²) in [5, 5.41) is 4.53. The molecule has 0 saturated heterocycles. The minimum Gasteiger partial charge on any atom is -0.497 e. The molecular formula is C22H21N3OS. The largest absolute Gasteiger partial charge is 0.497 e. The summed E-state index contributed by atoms with van der Waals surface area (Å²) in [4.78, 5) is 12.0. The highest BCUT2D eigenvalue weighted by atomic mass is 32.1. The van der Waals surface area contributed by atoms with E-state index in [9.17, 15) is 0 Å².